The first-order valence-electron chi connectivity index (χ1n) is 6.92. The SMILES string of the molecule is O=C1Nc2ccccc2C1=Cc1cc(O)cc2ncccc12. The Kier molecular flexibility index (Phi) is 2.69. The van der Waals surface area contributed by atoms with Gasteiger partial charge in [0.05, 0.1) is 5.52 Å². The van der Waals surface area contributed by atoms with Crippen molar-refractivity contribution in [1.82, 2.24) is 4.98 Å². The molecule has 0 bridgehead atoms. The minimum Gasteiger partial charge on any atom is -0.508 e. The molecule has 0 spiro atoms. The topological polar surface area (TPSA) is 62.2 Å². The van der Waals surface area contributed by atoms with Crippen LogP contribution >= 0.6 is 0 Å². The second-order valence-corrected chi connectivity index (χ2v) is 5.16. The van der Waals surface area contributed by atoms with E-state index in [1.54, 1.807) is 24.4 Å². The summed E-state index contributed by atoms with van der Waals surface area (Å²) in [7, 11) is 0. The smallest absolute Gasteiger partial charge is 0.256 e. The first-order valence-corrected chi connectivity index (χ1v) is 6.92. The van der Waals surface area contributed by atoms with Crippen molar-refractivity contribution in [2.24, 2.45) is 0 Å². The third-order valence-electron chi connectivity index (χ3n) is 3.75. The van der Waals surface area contributed by atoms with Gasteiger partial charge in [-0.2, -0.15) is 0 Å². The van der Waals surface area contributed by atoms with E-state index in [0.717, 1.165) is 22.2 Å². The summed E-state index contributed by atoms with van der Waals surface area (Å²) in [6, 6.07) is 14.6. The highest BCUT2D eigenvalue weighted by molar-refractivity contribution is 6.35. The normalized spacial score (nSPS) is 15.1. The Hall–Kier alpha value is -3.14. The summed E-state index contributed by atoms with van der Waals surface area (Å²) >= 11 is 0. The summed E-state index contributed by atoms with van der Waals surface area (Å²) in [4.78, 5) is 16.4. The van der Waals surface area contributed by atoms with Crippen molar-refractivity contribution in [2.75, 3.05) is 5.32 Å². The fraction of sp³-hybridized carbons (Fsp3) is 0. The molecule has 4 rings (SSSR count). The van der Waals surface area contributed by atoms with Gasteiger partial charge < -0.3 is 10.4 Å². The number of aromatic nitrogens is 1. The van der Waals surface area contributed by atoms with Gasteiger partial charge in [0.1, 0.15) is 5.75 Å². The van der Waals surface area contributed by atoms with Crippen LogP contribution in [0.15, 0.2) is 54.7 Å². The standard InChI is InChI=1S/C18H12N2O2/c21-12-8-11(13-5-3-7-19-17(13)10-12)9-15-14-4-1-2-6-16(14)20-18(15)22/h1-10,21H,(H,20,22). The Morgan fingerprint density at radius 3 is 2.86 bits per heavy atom. The van der Waals surface area contributed by atoms with Crippen LogP contribution in [0.1, 0.15) is 11.1 Å². The third kappa shape index (κ3) is 1.93. The highest BCUT2D eigenvalue weighted by Crippen LogP contribution is 2.34. The number of fused-ring (bicyclic) bond motifs is 2. The predicted molar refractivity (Wildman–Crippen MR) is 86.4 cm³/mol. The maximum atomic E-state index is 12.2. The van der Waals surface area contributed by atoms with Gasteiger partial charge in [0.25, 0.3) is 5.91 Å². The van der Waals surface area contributed by atoms with E-state index in [2.05, 4.69) is 10.3 Å². The minimum absolute atomic E-state index is 0.129. The van der Waals surface area contributed by atoms with Crippen molar-refractivity contribution in [3.05, 3.63) is 65.9 Å². The monoisotopic (exact) mass is 288 g/mol. The van der Waals surface area contributed by atoms with E-state index in [4.69, 9.17) is 0 Å². The van der Waals surface area contributed by atoms with E-state index in [9.17, 15) is 9.90 Å². The van der Waals surface area contributed by atoms with Crippen molar-refractivity contribution < 1.29 is 9.90 Å². The lowest BCUT2D eigenvalue weighted by molar-refractivity contribution is -0.110. The maximum Gasteiger partial charge on any atom is 0.256 e. The number of hydrogen-bond donors (Lipinski definition) is 2. The number of para-hydroxylation sites is 1. The number of benzene rings is 2. The lowest BCUT2D eigenvalue weighted by atomic mass is 10.0. The van der Waals surface area contributed by atoms with Crippen LogP contribution in [0.3, 0.4) is 0 Å². The summed E-state index contributed by atoms with van der Waals surface area (Å²) in [6.45, 7) is 0. The summed E-state index contributed by atoms with van der Waals surface area (Å²) in [6.07, 6.45) is 3.47. The number of nitrogens with one attached hydrogen (secondary N) is 1. The highest BCUT2D eigenvalue weighted by Gasteiger charge is 2.23. The number of carbonyl (C=O) groups excluding carboxylic acids is 1. The Morgan fingerprint density at radius 1 is 1.09 bits per heavy atom. The molecule has 4 heteroatoms. The highest BCUT2D eigenvalue weighted by atomic mass is 16.3. The number of anilines is 1. The Bertz CT molecular complexity index is 945. The van der Waals surface area contributed by atoms with Crippen molar-refractivity contribution in [3.63, 3.8) is 0 Å². The number of hydrogen-bond acceptors (Lipinski definition) is 3. The molecule has 0 fully saturated rings. The van der Waals surface area contributed by atoms with Crippen LogP contribution in [-0.4, -0.2) is 16.0 Å². The molecule has 2 heterocycles. The van der Waals surface area contributed by atoms with Crippen LogP contribution in [0.5, 0.6) is 5.75 Å². The maximum absolute atomic E-state index is 12.2. The fourth-order valence-corrected chi connectivity index (χ4v) is 2.75. The molecule has 1 aliphatic heterocycles. The van der Waals surface area contributed by atoms with Crippen LogP contribution in [0, 0.1) is 0 Å². The van der Waals surface area contributed by atoms with Gasteiger partial charge in [-0.1, -0.05) is 24.3 Å². The number of phenolic OH excluding ortho intramolecular Hbond substituents is 1. The van der Waals surface area contributed by atoms with Gasteiger partial charge in [-0.15, -0.1) is 0 Å². The van der Waals surface area contributed by atoms with Crippen molar-refractivity contribution in [2.45, 2.75) is 0 Å². The quantitative estimate of drug-likeness (QED) is 0.674. The number of aromatic hydroxyl groups is 1. The fourth-order valence-electron chi connectivity index (χ4n) is 2.75. The van der Waals surface area contributed by atoms with Gasteiger partial charge in [-0.25, -0.2) is 0 Å². The zero-order valence-corrected chi connectivity index (χ0v) is 11.6. The number of carbonyl (C=O) groups is 1. The van der Waals surface area contributed by atoms with E-state index in [1.165, 1.54) is 0 Å². The molecule has 4 nitrogen and oxygen atoms in total. The molecular formula is C18H12N2O2. The average molecular weight is 288 g/mol. The summed E-state index contributed by atoms with van der Waals surface area (Å²) in [5, 5.41) is 13.6. The van der Waals surface area contributed by atoms with Crippen molar-refractivity contribution in [1.29, 1.82) is 0 Å². The molecule has 0 saturated heterocycles. The van der Waals surface area contributed by atoms with E-state index >= 15 is 0 Å². The Labute approximate surface area is 126 Å². The molecule has 2 aromatic carbocycles. The van der Waals surface area contributed by atoms with E-state index < -0.39 is 0 Å². The molecule has 22 heavy (non-hydrogen) atoms. The second-order valence-electron chi connectivity index (χ2n) is 5.16. The summed E-state index contributed by atoms with van der Waals surface area (Å²) in [5.41, 5.74) is 3.73. The first-order chi connectivity index (χ1) is 10.7. The van der Waals surface area contributed by atoms with Crippen LogP contribution in [0.2, 0.25) is 0 Å². The van der Waals surface area contributed by atoms with Crippen LogP contribution in [0.4, 0.5) is 5.69 Å². The van der Waals surface area contributed by atoms with Gasteiger partial charge in [-0.05, 0) is 29.8 Å². The Morgan fingerprint density at radius 2 is 1.95 bits per heavy atom. The molecule has 0 atom stereocenters. The lowest BCUT2D eigenvalue weighted by Gasteiger charge is -2.04. The largest absolute Gasteiger partial charge is 0.508 e. The number of rotatable bonds is 1. The van der Waals surface area contributed by atoms with Crippen LogP contribution in [0.25, 0.3) is 22.6 Å². The molecular weight excluding hydrogens is 276 g/mol. The molecule has 0 unspecified atom stereocenters. The van der Waals surface area contributed by atoms with Gasteiger partial charge in [0.15, 0.2) is 0 Å². The molecule has 0 saturated carbocycles. The third-order valence-corrected chi connectivity index (χ3v) is 3.75. The van der Waals surface area contributed by atoms with E-state index in [-0.39, 0.29) is 11.7 Å². The summed E-state index contributed by atoms with van der Waals surface area (Å²) in [5.74, 6) is -0.00803. The number of pyridine rings is 1. The number of phenols is 1. The van der Waals surface area contributed by atoms with Crippen molar-refractivity contribution >= 4 is 34.1 Å². The molecule has 1 aromatic heterocycles. The molecule has 3 aromatic rings. The molecule has 1 aliphatic rings. The average Bonchev–Trinajstić information content (AvgIpc) is 2.83. The van der Waals surface area contributed by atoms with Crippen molar-refractivity contribution in [3.8, 4) is 5.75 Å². The first kappa shape index (κ1) is 12.6. The van der Waals surface area contributed by atoms with E-state index in [0.29, 0.717) is 11.1 Å². The Balaban J connectivity index is 1.96. The number of amides is 1. The van der Waals surface area contributed by atoms with Crippen LogP contribution < -0.4 is 5.32 Å². The van der Waals surface area contributed by atoms with Gasteiger partial charge in [0.2, 0.25) is 0 Å². The lowest BCUT2D eigenvalue weighted by Crippen LogP contribution is -2.03. The molecule has 0 radical (unpaired) electrons. The molecule has 1 amide bonds. The molecule has 2 N–H and O–H groups in total. The predicted octanol–water partition coefficient (Wildman–Crippen LogP) is 3.43. The van der Waals surface area contributed by atoms with Gasteiger partial charge >= 0.3 is 0 Å². The second kappa shape index (κ2) is 4.70. The zero-order valence-electron chi connectivity index (χ0n) is 11.6. The van der Waals surface area contributed by atoms with Crippen LogP contribution in [-0.2, 0) is 4.79 Å². The van der Waals surface area contributed by atoms with Gasteiger partial charge in [-0.3, -0.25) is 9.78 Å². The number of nitrogens with zero attached hydrogens (tertiary/aromatic N) is 1. The van der Waals surface area contributed by atoms with Gasteiger partial charge in [0, 0.05) is 34.5 Å². The zero-order chi connectivity index (χ0) is 15.1. The molecule has 106 valence electrons. The molecule has 0 aliphatic carbocycles. The minimum atomic E-state index is -0.137. The summed E-state index contributed by atoms with van der Waals surface area (Å²) < 4.78 is 0. The van der Waals surface area contributed by atoms with E-state index in [1.807, 2.05) is 36.4 Å².